The van der Waals surface area contributed by atoms with Crippen molar-refractivity contribution in [1.29, 1.82) is 0 Å². The zero-order valence-electron chi connectivity index (χ0n) is 12.5. The number of benzene rings is 1. The van der Waals surface area contributed by atoms with Gasteiger partial charge in [-0.2, -0.15) is 15.4 Å². The van der Waals surface area contributed by atoms with Crippen LogP contribution in [0.4, 0.5) is 4.39 Å². The third kappa shape index (κ3) is 3.26. The van der Waals surface area contributed by atoms with E-state index in [4.69, 9.17) is 0 Å². The number of carbonyl (C=O) groups is 1. The van der Waals surface area contributed by atoms with Crippen LogP contribution >= 0.6 is 11.3 Å². The highest BCUT2D eigenvalue weighted by Gasteiger charge is 2.19. The van der Waals surface area contributed by atoms with Crippen molar-refractivity contribution in [2.75, 3.05) is 0 Å². The molecular formula is C15H14FN5OS. The van der Waals surface area contributed by atoms with Crippen LogP contribution in [0, 0.1) is 12.7 Å². The third-order valence-corrected chi connectivity index (χ3v) is 4.70. The highest BCUT2D eigenvalue weighted by molar-refractivity contribution is 7.15. The molecule has 8 heteroatoms. The number of thiazole rings is 1. The molecule has 1 aromatic carbocycles. The van der Waals surface area contributed by atoms with Crippen molar-refractivity contribution < 1.29 is 9.18 Å². The van der Waals surface area contributed by atoms with Crippen LogP contribution in [-0.4, -0.2) is 26.3 Å². The molecule has 6 nitrogen and oxygen atoms in total. The minimum Gasteiger partial charge on any atom is -0.343 e. The second-order valence-corrected chi connectivity index (χ2v) is 6.06. The summed E-state index contributed by atoms with van der Waals surface area (Å²) in [5.74, 6) is -0.585. The Bertz CT molecular complexity index is 813. The number of nitrogens with zero attached hydrogens (tertiary/aromatic N) is 3. The van der Waals surface area contributed by atoms with Gasteiger partial charge in [0, 0.05) is 5.56 Å². The van der Waals surface area contributed by atoms with E-state index in [9.17, 15) is 9.18 Å². The fourth-order valence-electron chi connectivity index (χ4n) is 2.17. The number of carbonyl (C=O) groups excluding carboxylic acids is 1. The molecule has 2 heterocycles. The first-order chi connectivity index (χ1) is 11.0. The summed E-state index contributed by atoms with van der Waals surface area (Å²) in [4.78, 5) is 17.5. The molecule has 0 spiro atoms. The summed E-state index contributed by atoms with van der Waals surface area (Å²) in [7, 11) is 0. The SMILES string of the molecule is Cc1nc(-c2ccc(F)cc2)sc1[C@@H](C)NC(=O)c1cn[nH]n1. The second-order valence-electron chi connectivity index (χ2n) is 5.03. The van der Waals surface area contributed by atoms with Crippen molar-refractivity contribution in [2.45, 2.75) is 19.9 Å². The van der Waals surface area contributed by atoms with E-state index in [0.29, 0.717) is 0 Å². The van der Waals surface area contributed by atoms with Crippen molar-refractivity contribution in [1.82, 2.24) is 25.7 Å². The number of aryl methyl sites for hydroxylation is 1. The Hall–Kier alpha value is -2.61. The normalized spacial score (nSPS) is 12.1. The smallest absolute Gasteiger partial charge is 0.273 e. The predicted octanol–water partition coefficient (Wildman–Crippen LogP) is 2.87. The third-order valence-electron chi connectivity index (χ3n) is 3.31. The quantitative estimate of drug-likeness (QED) is 0.770. The average molecular weight is 331 g/mol. The lowest BCUT2D eigenvalue weighted by molar-refractivity contribution is 0.0935. The summed E-state index contributed by atoms with van der Waals surface area (Å²) in [5.41, 5.74) is 1.92. The minimum absolute atomic E-state index is 0.217. The first-order valence-corrected chi connectivity index (χ1v) is 7.76. The molecule has 0 fully saturated rings. The topological polar surface area (TPSA) is 83.6 Å². The number of hydrogen-bond acceptors (Lipinski definition) is 5. The molecule has 2 N–H and O–H groups in total. The standard InChI is InChI=1S/C15H14FN5OS/c1-8(18-14(22)12-7-17-21-20-12)13-9(2)19-15(23-13)10-3-5-11(16)6-4-10/h3-8H,1-2H3,(H,18,22)(H,17,20,21)/t8-/m1/s1. The number of amides is 1. The first kappa shape index (κ1) is 15.3. The van der Waals surface area contributed by atoms with Crippen LogP contribution in [0.1, 0.15) is 34.0 Å². The largest absolute Gasteiger partial charge is 0.343 e. The molecule has 1 atom stereocenters. The Morgan fingerprint density at radius 1 is 1.35 bits per heavy atom. The van der Waals surface area contributed by atoms with Gasteiger partial charge in [-0.15, -0.1) is 11.3 Å². The summed E-state index contributed by atoms with van der Waals surface area (Å²) >= 11 is 1.47. The number of aromatic amines is 1. The Kier molecular flexibility index (Phi) is 4.16. The number of nitrogens with one attached hydrogen (secondary N) is 2. The van der Waals surface area contributed by atoms with Crippen molar-refractivity contribution in [2.24, 2.45) is 0 Å². The molecule has 0 saturated heterocycles. The van der Waals surface area contributed by atoms with Crippen LogP contribution in [0.25, 0.3) is 10.6 Å². The van der Waals surface area contributed by atoms with Gasteiger partial charge in [0.05, 0.1) is 22.8 Å². The van der Waals surface area contributed by atoms with E-state index >= 15 is 0 Å². The molecule has 0 radical (unpaired) electrons. The molecule has 0 bridgehead atoms. The molecule has 23 heavy (non-hydrogen) atoms. The van der Waals surface area contributed by atoms with Crippen LogP contribution in [0.5, 0.6) is 0 Å². The summed E-state index contributed by atoms with van der Waals surface area (Å²) < 4.78 is 13.0. The van der Waals surface area contributed by atoms with E-state index in [2.05, 4.69) is 25.7 Å². The summed E-state index contributed by atoms with van der Waals surface area (Å²) in [5, 5.41) is 13.4. The van der Waals surface area contributed by atoms with E-state index in [1.807, 2.05) is 13.8 Å². The molecule has 0 aliphatic rings. The second kappa shape index (κ2) is 6.25. The number of rotatable bonds is 4. The minimum atomic E-state index is -0.303. The van der Waals surface area contributed by atoms with Crippen molar-refractivity contribution in [3.8, 4) is 10.6 Å². The van der Waals surface area contributed by atoms with Crippen molar-refractivity contribution in [3.63, 3.8) is 0 Å². The Labute approximate surface area is 135 Å². The van der Waals surface area contributed by atoms with Crippen molar-refractivity contribution >= 4 is 17.2 Å². The molecule has 1 amide bonds. The number of H-pyrrole nitrogens is 1. The Morgan fingerprint density at radius 3 is 2.74 bits per heavy atom. The van der Waals surface area contributed by atoms with E-state index in [0.717, 1.165) is 21.1 Å². The van der Waals surface area contributed by atoms with Gasteiger partial charge in [-0.25, -0.2) is 9.37 Å². The van der Waals surface area contributed by atoms with Gasteiger partial charge >= 0.3 is 0 Å². The fraction of sp³-hybridized carbons (Fsp3) is 0.200. The maximum Gasteiger partial charge on any atom is 0.273 e. The number of hydrogen-bond donors (Lipinski definition) is 2. The molecule has 3 aromatic rings. The van der Waals surface area contributed by atoms with Gasteiger partial charge in [-0.3, -0.25) is 4.79 Å². The Morgan fingerprint density at radius 2 is 2.09 bits per heavy atom. The summed E-state index contributed by atoms with van der Waals surface area (Å²) in [6.07, 6.45) is 1.37. The van der Waals surface area contributed by atoms with Crippen molar-refractivity contribution in [3.05, 3.63) is 52.5 Å². The molecule has 0 saturated carbocycles. The van der Waals surface area contributed by atoms with E-state index in [1.54, 1.807) is 12.1 Å². The molecular weight excluding hydrogens is 317 g/mol. The molecule has 0 aliphatic heterocycles. The van der Waals surface area contributed by atoms with Crippen LogP contribution < -0.4 is 5.32 Å². The van der Waals surface area contributed by atoms with Gasteiger partial charge in [-0.1, -0.05) is 0 Å². The first-order valence-electron chi connectivity index (χ1n) is 6.94. The predicted molar refractivity (Wildman–Crippen MR) is 84.5 cm³/mol. The van der Waals surface area contributed by atoms with Crippen LogP contribution in [-0.2, 0) is 0 Å². The lowest BCUT2D eigenvalue weighted by atomic mass is 10.2. The van der Waals surface area contributed by atoms with E-state index < -0.39 is 0 Å². The molecule has 0 unspecified atom stereocenters. The fourth-order valence-corrected chi connectivity index (χ4v) is 3.25. The monoisotopic (exact) mass is 331 g/mol. The highest BCUT2D eigenvalue weighted by atomic mass is 32.1. The van der Waals surface area contributed by atoms with E-state index in [1.165, 1.54) is 29.7 Å². The summed E-state index contributed by atoms with van der Waals surface area (Å²) in [6, 6.07) is 5.97. The average Bonchev–Trinajstić information content (AvgIpc) is 3.17. The molecule has 0 aliphatic carbocycles. The number of halogens is 1. The zero-order valence-corrected chi connectivity index (χ0v) is 13.3. The Balaban J connectivity index is 1.80. The van der Waals surface area contributed by atoms with Gasteiger partial charge in [0.15, 0.2) is 5.69 Å². The molecule has 3 rings (SSSR count). The lowest BCUT2D eigenvalue weighted by Crippen LogP contribution is -2.26. The lowest BCUT2D eigenvalue weighted by Gasteiger charge is -2.11. The van der Waals surface area contributed by atoms with Gasteiger partial charge in [0.25, 0.3) is 5.91 Å². The maximum atomic E-state index is 13.0. The molecule has 118 valence electrons. The van der Waals surface area contributed by atoms with Crippen LogP contribution in [0.3, 0.4) is 0 Å². The van der Waals surface area contributed by atoms with Gasteiger partial charge in [-0.05, 0) is 38.1 Å². The zero-order chi connectivity index (χ0) is 16.4. The van der Waals surface area contributed by atoms with Crippen LogP contribution in [0.2, 0.25) is 0 Å². The van der Waals surface area contributed by atoms with Gasteiger partial charge in [0.1, 0.15) is 10.8 Å². The van der Waals surface area contributed by atoms with Crippen LogP contribution in [0.15, 0.2) is 30.5 Å². The van der Waals surface area contributed by atoms with Gasteiger partial charge < -0.3 is 5.32 Å². The van der Waals surface area contributed by atoms with E-state index in [-0.39, 0.29) is 23.5 Å². The summed E-state index contributed by atoms with van der Waals surface area (Å²) in [6.45, 7) is 3.77. The molecule has 2 aromatic heterocycles. The number of aromatic nitrogens is 4. The van der Waals surface area contributed by atoms with Gasteiger partial charge in [0.2, 0.25) is 0 Å². The maximum absolute atomic E-state index is 13.0. The highest BCUT2D eigenvalue weighted by Crippen LogP contribution is 2.31.